The molecule has 0 saturated heterocycles. The second kappa shape index (κ2) is 9.03. The van der Waals surface area contributed by atoms with Gasteiger partial charge in [-0.05, 0) is 45.9 Å². The van der Waals surface area contributed by atoms with Crippen LogP contribution in [-0.4, -0.2) is 35.7 Å². The van der Waals surface area contributed by atoms with Crippen molar-refractivity contribution in [3.8, 4) is 17.1 Å². The van der Waals surface area contributed by atoms with Gasteiger partial charge in [0.05, 0.1) is 24.0 Å². The van der Waals surface area contributed by atoms with Gasteiger partial charge in [0.15, 0.2) is 0 Å². The van der Waals surface area contributed by atoms with E-state index in [1.54, 1.807) is 6.20 Å². The van der Waals surface area contributed by atoms with Crippen molar-refractivity contribution in [1.29, 1.82) is 0 Å². The molecule has 0 bridgehead atoms. The maximum Gasteiger partial charge on any atom is 0.329 e. The zero-order valence-corrected chi connectivity index (χ0v) is 19.3. The zero-order chi connectivity index (χ0) is 22.8. The van der Waals surface area contributed by atoms with Gasteiger partial charge in [0.2, 0.25) is 5.88 Å². The molecule has 2 atom stereocenters. The molecule has 4 N–H and O–H groups in total. The van der Waals surface area contributed by atoms with Crippen molar-refractivity contribution >= 4 is 28.6 Å². The number of rotatable bonds is 7. The fourth-order valence-corrected chi connectivity index (χ4v) is 4.16. The molecule has 0 saturated carbocycles. The fourth-order valence-electron chi connectivity index (χ4n) is 3.80. The minimum absolute atomic E-state index is 0.0443. The van der Waals surface area contributed by atoms with Gasteiger partial charge >= 0.3 is 11.7 Å². The molecule has 0 aliphatic rings. The van der Waals surface area contributed by atoms with Crippen molar-refractivity contribution in [2.45, 2.75) is 25.3 Å². The van der Waals surface area contributed by atoms with Crippen molar-refractivity contribution in [3.05, 3.63) is 91.9 Å². The minimum Gasteiger partial charge on any atom is -0.493 e. The quantitative estimate of drug-likeness (QED) is 0.263. The summed E-state index contributed by atoms with van der Waals surface area (Å²) in [7, 11) is 0. The van der Waals surface area contributed by atoms with Crippen LogP contribution in [0.25, 0.3) is 11.3 Å². The molecule has 2 heterocycles. The number of hydrogen-bond acceptors (Lipinski definition) is 4. The second-order valence-electron chi connectivity index (χ2n) is 7.51. The summed E-state index contributed by atoms with van der Waals surface area (Å²) < 4.78 is 2.28. The van der Waals surface area contributed by atoms with Gasteiger partial charge in [-0.25, -0.2) is 9.78 Å². The van der Waals surface area contributed by atoms with Gasteiger partial charge in [-0.3, -0.25) is 9.36 Å². The maximum atomic E-state index is 12.8. The number of carboxylic acid groups (broad SMARTS) is 1. The topological polar surface area (TPSA) is 124 Å². The molecule has 2 aromatic heterocycles. The Hall–Kier alpha value is -3.34. The largest absolute Gasteiger partial charge is 0.493 e. The van der Waals surface area contributed by atoms with Crippen LogP contribution in [0.5, 0.6) is 5.88 Å². The number of nitrogens with zero attached hydrogens (tertiary/aromatic N) is 2. The fraction of sp³-hybridized carbons (Fsp3) is 0.174. The van der Waals surface area contributed by atoms with E-state index in [1.807, 2.05) is 61.5 Å². The first kappa shape index (κ1) is 21.9. The van der Waals surface area contributed by atoms with E-state index in [0.29, 0.717) is 5.82 Å². The first-order chi connectivity index (χ1) is 15.3. The molecule has 164 valence electrons. The van der Waals surface area contributed by atoms with E-state index in [9.17, 15) is 14.7 Å². The molecule has 0 unspecified atom stereocenters. The third kappa shape index (κ3) is 4.33. The minimum atomic E-state index is -1.15. The van der Waals surface area contributed by atoms with Crippen molar-refractivity contribution in [2.75, 3.05) is 0 Å². The molecule has 0 radical (unpaired) electrons. The lowest BCUT2D eigenvalue weighted by Crippen LogP contribution is -2.27. The monoisotopic (exact) mass is 544 g/mol. The summed E-state index contributed by atoms with van der Waals surface area (Å²) in [5.41, 5.74) is 2.01. The van der Waals surface area contributed by atoms with Crippen LogP contribution >= 0.6 is 22.6 Å². The summed E-state index contributed by atoms with van der Waals surface area (Å²) in [6, 6.07) is 16.8. The maximum absolute atomic E-state index is 12.8. The smallest absolute Gasteiger partial charge is 0.329 e. The lowest BCUT2D eigenvalue weighted by molar-refractivity contribution is -0.136. The van der Waals surface area contributed by atoms with Crippen molar-refractivity contribution in [1.82, 2.24) is 19.5 Å². The summed E-state index contributed by atoms with van der Waals surface area (Å²) in [5, 5.41) is 19.9. The van der Waals surface area contributed by atoms with E-state index in [1.165, 1.54) is 4.57 Å². The average molecular weight is 544 g/mol. The Bertz CT molecular complexity index is 1290. The lowest BCUT2D eigenvalue weighted by Gasteiger charge is -2.24. The van der Waals surface area contributed by atoms with Gasteiger partial charge in [0.25, 0.3) is 0 Å². The van der Waals surface area contributed by atoms with Crippen LogP contribution in [0.3, 0.4) is 0 Å². The molecular weight excluding hydrogens is 523 g/mol. The highest BCUT2D eigenvalue weighted by molar-refractivity contribution is 14.1. The third-order valence-corrected chi connectivity index (χ3v) is 6.13. The number of aromatic nitrogens is 4. The number of nitrogens with one attached hydrogen (secondary N) is 2. The number of imidazole rings is 2. The highest BCUT2D eigenvalue weighted by Gasteiger charge is 2.31. The van der Waals surface area contributed by atoms with E-state index in [-0.39, 0.29) is 11.6 Å². The molecule has 9 heteroatoms. The molecule has 0 amide bonds. The SMILES string of the molecule is C[C@@H](c1ccccc1)[C@@H](c1ncc(-c2ccc(I)cc2)[nH]1)n1c(O)c(CC(=O)O)[nH]c1=O. The standard InChI is InChI=1S/C23H21IN4O4/c1-13(14-5-3-2-4-6-14)20(28-22(31)17(11-19(29)30)27-23(28)32)21-25-12-18(26-21)15-7-9-16(24)10-8-15/h2-10,12-13,20,31H,11H2,1H3,(H,25,26)(H,27,32)(H,29,30)/t13-,20-/m0/s1. The van der Waals surface area contributed by atoms with Gasteiger partial charge in [-0.2, -0.15) is 0 Å². The predicted molar refractivity (Wildman–Crippen MR) is 128 cm³/mol. The number of hydrogen-bond donors (Lipinski definition) is 4. The summed E-state index contributed by atoms with van der Waals surface area (Å²) in [5.74, 6) is -1.34. The molecule has 0 spiro atoms. The van der Waals surface area contributed by atoms with Gasteiger partial charge in [-0.15, -0.1) is 0 Å². The van der Waals surface area contributed by atoms with E-state index < -0.39 is 30.0 Å². The van der Waals surface area contributed by atoms with Crippen LogP contribution in [0.1, 0.15) is 36.0 Å². The number of carboxylic acids is 1. The van der Waals surface area contributed by atoms with Gasteiger partial charge in [0.1, 0.15) is 11.9 Å². The van der Waals surface area contributed by atoms with Crippen molar-refractivity contribution in [3.63, 3.8) is 0 Å². The number of halogens is 1. The lowest BCUT2D eigenvalue weighted by atomic mass is 9.92. The van der Waals surface area contributed by atoms with Gasteiger partial charge in [-0.1, -0.05) is 49.4 Å². The number of carbonyl (C=O) groups is 1. The number of H-pyrrole nitrogens is 2. The number of benzene rings is 2. The number of aromatic amines is 2. The molecule has 0 aliphatic heterocycles. The molecule has 0 fully saturated rings. The Morgan fingerprint density at radius 1 is 1.12 bits per heavy atom. The van der Waals surface area contributed by atoms with E-state index >= 15 is 0 Å². The summed E-state index contributed by atoms with van der Waals surface area (Å²) in [4.78, 5) is 34.3. The molecule has 32 heavy (non-hydrogen) atoms. The van der Waals surface area contributed by atoms with Crippen LogP contribution in [0.4, 0.5) is 0 Å². The zero-order valence-electron chi connectivity index (χ0n) is 17.1. The molecule has 8 nitrogen and oxygen atoms in total. The van der Waals surface area contributed by atoms with Crippen LogP contribution in [0.2, 0.25) is 0 Å². The Morgan fingerprint density at radius 3 is 2.47 bits per heavy atom. The van der Waals surface area contributed by atoms with Crippen LogP contribution in [-0.2, 0) is 11.2 Å². The number of aromatic hydroxyl groups is 1. The molecule has 0 aliphatic carbocycles. The normalized spacial score (nSPS) is 13.1. The molecule has 2 aromatic carbocycles. The highest BCUT2D eigenvalue weighted by atomic mass is 127. The number of aliphatic carboxylic acids is 1. The summed E-state index contributed by atoms with van der Waals surface area (Å²) >= 11 is 2.24. The van der Waals surface area contributed by atoms with E-state index in [0.717, 1.165) is 20.4 Å². The summed E-state index contributed by atoms with van der Waals surface area (Å²) in [6.45, 7) is 1.93. The average Bonchev–Trinajstić information content (AvgIpc) is 3.35. The van der Waals surface area contributed by atoms with Crippen LogP contribution in [0.15, 0.2) is 65.6 Å². The highest BCUT2D eigenvalue weighted by Crippen LogP contribution is 2.36. The van der Waals surface area contributed by atoms with Crippen molar-refractivity contribution in [2.24, 2.45) is 0 Å². The second-order valence-corrected chi connectivity index (χ2v) is 8.75. The van der Waals surface area contributed by atoms with E-state index in [4.69, 9.17) is 5.11 Å². The van der Waals surface area contributed by atoms with E-state index in [2.05, 4.69) is 37.5 Å². The Morgan fingerprint density at radius 2 is 1.81 bits per heavy atom. The predicted octanol–water partition coefficient (Wildman–Crippen LogP) is 3.90. The summed E-state index contributed by atoms with van der Waals surface area (Å²) in [6.07, 6.45) is 1.20. The Labute approximate surface area is 197 Å². The first-order valence-corrected chi connectivity index (χ1v) is 11.0. The molecule has 4 rings (SSSR count). The van der Waals surface area contributed by atoms with Crippen LogP contribution < -0.4 is 5.69 Å². The van der Waals surface area contributed by atoms with Gasteiger partial charge < -0.3 is 20.2 Å². The first-order valence-electron chi connectivity index (χ1n) is 9.95. The Balaban J connectivity index is 1.83. The Kier molecular flexibility index (Phi) is 6.17. The molecule has 4 aromatic rings. The molecular formula is C23H21IN4O4. The van der Waals surface area contributed by atoms with Crippen molar-refractivity contribution < 1.29 is 15.0 Å². The van der Waals surface area contributed by atoms with Gasteiger partial charge in [0, 0.05) is 9.49 Å². The van der Waals surface area contributed by atoms with Crippen LogP contribution in [0, 0.1) is 3.57 Å². The third-order valence-electron chi connectivity index (χ3n) is 5.41.